The highest BCUT2D eigenvalue weighted by Crippen LogP contribution is 2.26. The lowest BCUT2D eigenvalue weighted by Crippen LogP contribution is -2.57. The first-order chi connectivity index (χ1) is 17.5. The summed E-state index contributed by atoms with van der Waals surface area (Å²) in [5.41, 5.74) is 10.1. The van der Waals surface area contributed by atoms with Crippen LogP contribution in [0.5, 0.6) is 0 Å². The second-order valence-electron chi connectivity index (χ2n) is 10.2. The van der Waals surface area contributed by atoms with E-state index in [-0.39, 0.29) is 5.91 Å². The monoisotopic (exact) mass is 484 g/mol. The van der Waals surface area contributed by atoms with Gasteiger partial charge in [-0.1, -0.05) is 67.8 Å². The molecule has 2 fully saturated rings. The quantitative estimate of drug-likeness (QED) is 0.557. The molecule has 1 aliphatic heterocycles. The summed E-state index contributed by atoms with van der Waals surface area (Å²) >= 11 is 0. The fraction of sp³-hybridized carbons (Fsp3) is 0.483. The fourth-order valence-corrected chi connectivity index (χ4v) is 5.18. The number of hydrogen-bond donors (Lipinski definition) is 2. The number of nitriles is 2. The number of nitrogens with one attached hydrogen (secondary N) is 1. The third kappa shape index (κ3) is 6.71. The molecular weight excluding hydrogens is 448 g/mol. The third-order valence-electron chi connectivity index (χ3n) is 7.51. The van der Waals surface area contributed by atoms with Gasteiger partial charge in [0.05, 0.1) is 24.2 Å². The first-order valence-corrected chi connectivity index (χ1v) is 13.0. The summed E-state index contributed by atoms with van der Waals surface area (Å²) in [6.07, 6.45) is 4.87. The van der Waals surface area contributed by atoms with Crippen LogP contribution in [0.2, 0.25) is 0 Å². The summed E-state index contributed by atoms with van der Waals surface area (Å²) in [7, 11) is 0. The number of hydrogen-bond acceptors (Lipinski definition) is 6. The van der Waals surface area contributed by atoms with Crippen molar-refractivity contribution in [3.63, 3.8) is 0 Å². The Bertz CT molecular complexity index is 1080. The van der Waals surface area contributed by atoms with E-state index in [1.165, 1.54) is 5.56 Å². The summed E-state index contributed by atoms with van der Waals surface area (Å²) in [5, 5.41) is 21.3. The fourth-order valence-electron chi connectivity index (χ4n) is 5.18. The van der Waals surface area contributed by atoms with Crippen LogP contribution in [0.25, 0.3) is 11.1 Å². The van der Waals surface area contributed by atoms with Crippen LogP contribution >= 0.6 is 0 Å². The molecule has 1 atom stereocenters. The van der Waals surface area contributed by atoms with Gasteiger partial charge in [-0.05, 0) is 35.1 Å². The SMILES string of the molecule is N#CCN1CCN(Cc2ccc(-c3ccc(C[C@H](C#N)NC(=O)C4(N)CCCCC4)cc3)cc2)CC1. The Morgan fingerprint density at radius 1 is 0.889 bits per heavy atom. The first kappa shape index (κ1) is 25.9. The van der Waals surface area contributed by atoms with E-state index < -0.39 is 11.6 Å². The van der Waals surface area contributed by atoms with Crippen molar-refractivity contribution >= 4 is 5.91 Å². The maximum Gasteiger partial charge on any atom is 0.241 e. The lowest BCUT2D eigenvalue weighted by Gasteiger charge is -2.33. The number of nitrogens with two attached hydrogens (primary N) is 1. The number of carbonyl (C=O) groups is 1. The molecule has 7 nitrogen and oxygen atoms in total. The predicted molar refractivity (Wildman–Crippen MR) is 140 cm³/mol. The van der Waals surface area contributed by atoms with Crippen LogP contribution in [-0.2, 0) is 17.8 Å². The second-order valence-corrected chi connectivity index (χ2v) is 10.2. The number of benzene rings is 2. The smallest absolute Gasteiger partial charge is 0.241 e. The highest BCUT2D eigenvalue weighted by Gasteiger charge is 2.36. The van der Waals surface area contributed by atoms with Crippen molar-refractivity contribution in [2.45, 2.75) is 56.7 Å². The summed E-state index contributed by atoms with van der Waals surface area (Å²) < 4.78 is 0. The van der Waals surface area contributed by atoms with Gasteiger partial charge in [0.15, 0.2) is 0 Å². The largest absolute Gasteiger partial charge is 0.338 e. The zero-order valence-electron chi connectivity index (χ0n) is 21.0. The minimum absolute atomic E-state index is 0.200. The molecule has 1 heterocycles. The van der Waals surface area contributed by atoms with Crippen LogP contribution in [0.4, 0.5) is 0 Å². The summed E-state index contributed by atoms with van der Waals surface area (Å²) in [5.74, 6) is -0.200. The zero-order chi connectivity index (χ0) is 25.4. The molecule has 2 aliphatic rings. The van der Waals surface area contributed by atoms with Gasteiger partial charge in [-0.15, -0.1) is 0 Å². The van der Waals surface area contributed by atoms with Gasteiger partial charge in [0.25, 0.3) is 0 Å². The highest BCUT2D eigenvalue weighted by atomic mass is 16.2. The molecule has 1 saturated heterocycles. The lowest BCUT2D eigenvalue weighted by atomic mass is 9.81. The molecule has 4 rings (SSSR count). The van der Waals surface area contributed by atoms with Crippen molar-refractivity contribution in [3.05, 3.63) is 59.7 Å². The van der Waals surface area contributed by atoms with Gasteiger partial charge in [-0.25, -0.2) is 0 Å². The summed E-state index contributed by atoms with van der Waals surface area (Å²) in [4.78, 5) is 17.3. The van der Waals surface area contributed by atoms with Crippen molar-refractivity contribution in [3.8, 4) is 23.3 Å². The molecule has 0 aromatic heterocycles. The van der Waals surface area contributed by atoms with Crippen molar-refractivity contribution in [2.24, 2.45) is 5.73 Å². The van der Waals surface area contributed by atoms with E-state index in [2.05, 4.69) is 63.7 Å². The van der Waals surface area contributed by atoms with Gasteiger partial charge in [0, 0.05) is 39.1 Å². The maximum absolute atomic E-state index is 12.7. The van der Waals surface area contributed by atoms with Crippen molar-refractivity contribution in [1.29, 1.82) is 10.5 Å². The highest BCUT2D eigenvalue weighted by molar-refractivity contribution is 5.86. The van der Waals surface area contributed by atoms with Gasteiger partial charge in [-0.2, -0.15) is 10.5 Å². The second kappa shape index (κ2) is 12.1. The van der Waals surface area contributed by atoms with Crippen molar-refractivity contribution in [1.82, 2.24) is 15.1 Å². The van der Waals surface area contributed by atoms with E-state index in [1.54, 1.807) is 0 Å². The van der Waals surface area contributed by atoms with E-state index in [9.17, 15) is 10.1 Å². The van der Waals surface area contributed by atoms with E-state index in [0.29, 0.717) is 25.8 Å². The Balaban J connectivity index is 1.30. The molecule has 0 radical (unpaired) electrons. The van der Waals surface area contributed by atoms with Gasteiger partial charge < -0.3 is 11.1 Å². The normalized spacial score (nSPS) is 19.1. The van der Waals surface area contributed by atoms with Gasteiger partial charge in [0.1, 0.15) is 6.04 Å². The van der Waals surface area contributed by atoms with Gasteiger partial charge in [-0.3, -0.25) is 14.6 Å². The van der Waals surface area contributed by atoms with Gasteiger partial charge in [0.2, 0.25) is 5.91 Å². The van der Waals surface area contributed by atoms with Crippen molar-refractivity contribution < 1.29 is 4.79 Å². The number of amides is 1. The summed E-state index contributed by atoms with van der Waals surface area (Å²) in [6.45, 7) is 5.30. The van der Waals surface area contributed by atoms with Crippen LogP contribution in [-0.4, -0.2) is 60.0 Å². The Kier molecular flexibility index (Phi) is 8.72. The maximum atomic E-state index is 12.7. The van der Waals surface area contributed by atoms with Gasteiger partial charge >= 0.3 is 0 Å². The van der Waals surface area contributed by atoms with Crippen LogP contribution in [0.15, 0.2) is 48.5 Å². The van der Waals surface area contributed by atoms with Crippen LogP contribution in [0.3, 0.4) is 0 Å². The molecule has 0 unspecified atom stereocenters. The number of carbonyl (C=O) groups excluding carboxylic acids is 1. The Labute approximate surface area is 214 Å². The molecule has 36 heavy (non-hydrogen) atoms. The lowest BCUT2D eigenvalue weighted by molar-refractivity contribution is -0.127. The Morgan fingerprint density at radius 2 is 1.44 bits per heavy atom. The molecule has 0 bridgehead atoms. The molecule has 0 spiro atoms. The average molecular weight is 485 g/mol. The van der Waals surface area contributed by atoms with E-state index >= 15 is 0 Å². The number of nitrogens with zero attached hydrogens (tertiary/aromatic N) is 4. The molecule has 1 amide bonds. The topological polar surface area (TPSA) is 109 Å². The Hall–Kier alpha value is -3.23. The van der Waals surface area contributed by atoms with E-state index in [0.717, 1.165) is 68.7 Å². The minimum Gasteiger partial charge on any atom is -0.338 e. The Morgan fingerprint density at radius 3 is 2.00 bits per heavy atom. The molecule has 3 N–H and O–H groups in total. The number of piperazine rings is 1. The van der Waals surface area contributed by atoms with E-state index in [1.807, 2.05) is 12.1 Å². The third-order valence-corrected chi connectivity index (χ3v) is 7.51. The van der Waals surface area contributed by atoms with Crippen LogP contribution in [0, 0.1) is 22.7 Å². The molecule has 2 aromatic rings. The summed E-state index contributed by atoms with van der Waals surface area (Å²) in [6, 6.07) is 20.7. The molecule has 1 saturated carbocycles. The van der Waals surface area contributed by atoms with Crippen molar-refractivity contribution in [2.75, 3.05) is 32.7 Å². The molecule has 188 valence electrons. The van der Waals surface area contributed by atoms with E-state index in [4.69, 9.17) is 11.0 Å². The molecule has 2 aromatic carbocycles. The first-order valence-electron chi connectivity index (χ1n) is 13.0. The number of rotatable bonds is 8. The molecule has 1 aliphatic carbocycles. The molecule has 7 heteroatoms. The minimum atomic E-state index is -0.838. The molecular formula is C29H36N6O. The zero-order valence-corrected chi connectivity index (χ0v) is 21.0. The average Bonchev–Trinajstić information content (AvgIpc) is 2.91. The standard InChI is InChI=1S/C29H36N6O/c30-14-15-34-16-18-35(19-17-34)22-24-6-10-26(11-7-24)25-8-4-23(5-9-25)20-27(21-31)33-28(36)29(32)12-2-1-3-13-29/h4-11,27H,1-3,12-13,15-20,22,32H2,(H,33,36)/t27-/m1/s1. The van der Waals surface area contributed by atoms with Crippen LogP contribution < -0.4 is 11.1 Å². The van der Waals surface area contributed by atoms with Crippen LogP contribution in [0.1, 0.15) is 43.2 Å². The predicted octanol–water partition coefficient (Wildman–Crippen LogP) is 3.21.